The lowest BCUT2D eigenvalue weighted by Gasteiger charge is -1.98. The monoisotopic (exact) mass is 199 g/mol. The molecule has 14 heavy (non-hydrogen) atoms. The fourth-order valence-corrected chi connectivity index (χ4v) is 2.24. The summed E-state index contributed by atoms with van der Waals surface area (Å²) in [6.45, 7) is 0. The first-order chi connectivity index (χ1) is 6.77. The third-order valence-electron chi connectivity index (χ3n) is 2.00. The molecule has 2 N–H and O–H groups in total. The van der Waals surface area contributed by atoms with Crippen molar-refractivity contribution in [2.75, 3.05) is 5.73 Å². The zero-order chi connectivity index (χ0) is 10.1. The average Bonchev–Trinajstić information content (AvgIpc) is 2.61. The predicted molar refractivity (Wildman–Crippen MR) is 55.7 cm³/mol. The van der Waals surface area contributed by atoms with Gasteiger partial charge in [-0.05, 0) is 12.1 Å². The summed E-state index contributed by atoms with van der Waals surface area (Å²) in [5, 5.41) is 20.2. The number of nitrogens with two attached hydrogens (primary N) is 1. The third-order valence-corrected chi connectivity index (χ3v) is 2.95. The standard InChI is InChI=1S/C10H5N3S/c11-3-6-5-14-9-2-1-8(13)7(4-12)10(6)9/h1-2,5H,13H2. The first kappa shape index (κ1) is 8.55. The first-order valence-corrected chi connectivity index (χ1v) is 4.75. The SMILES string of the molecule is N#Cc1csc2ccc(N)c(C#N)c12. The maximum Gasteiger partial charge on any atom is 0.102 e. The van der Waals surface area contributed by atoms with Gasteiger partial charge in [0.15, 0.2) is 0 Å². The van der Waals surface area contributed by atoms with E-state index in [0.29, 0.717) is 22.2 Å². The number of nitrogen functional groups attached to an aromatic ring is 1. The Morgan fingerprint density at radius 1 is 1.21 bits per heavy atom. The smallest absolute Gasteiger partial charge is 0.102 e. The summed E-state index contributed by atoms with van der Waals surface area (Å²) in [4.78, 5) is 0. The molecule has 0 spiro atoms. The Morgan fingerprint density at radius 2 is 2.00 bits per heavy atom. The quantitative estimate of drug-likeness (QED) is 0.661. The normalized spacial score (nSPS) is 9.57. The molecule has 1 aromatic heterocycles. The van der Waals surface area contributed by atoms with Crippen LogP contribution in [0.25, 0.3) is 10.1 Å². The van der Waals surface area contributed by atoms with Crippen LogP contribution in [-0.2, 0) is 0 Å². The molecule has 0 saturated carbocycles. The predicted octanol–water partition coefficient (Wildman–Crippen LogP) is 2.23. The van der Waals surface area contributed by atoms with Crippen molar-refractivity contribution in [3.63, 3.8) is 0 Å². The highest BCUT2D eigenvalue weighted by Crippen LogP contribution is 2.31. The summed E-state index contributed by atoms with van der Waals surface area (Å²) in [6, 6.07) is 7.61. The molecule has 2 rings (SSSR count). The molecule has 0 bridgehead atoms. The molecule has 0 aliphatic carbocycles. The van der Waals surface area contributed by atoms with Crippen LogP contribution in [0.3, 0.4) is 0 Å². The van der Waals surface area contributed by atoms with Crippen LogP contribution in [0, 0.1) is 22.7 Å². The molecule has 0 aliphatic rings. The van der Waals surface area contributed by atoms with Gasteiger partial charge in [-0.3, -0.25) is 0 Å². The summed E-state index contributed by atoms with van der Waals surface area (Å²) >= 11 is 1.45. The van der Waals surface area contributed by atoms with E-state index >= 15 is 0 Å². The minimum absolute atomic E-state index is 0.403. The van der Waals surface area contributed by atoms with Crippen molar-refractivity contribution in [2.45, 2.75) is 0 Å². The third kappa shape index (κ3) is 1.02. The summed E-state index contributed by atoms with van der Waals surface area (Å²) in [5.41, 5.74) is 7.00. The van der Waals surface area contributed by atoms with Crippen molar-refractivity contribution in [3.05, 3.63) is 28.6 Å². The largest absolute Gasteiger partial charge is 0.398 e. The topological polar surface area (TPSA) is 73.6 Å². The molecule has 0 aliphatic heterocycles. The molecular weight excluding hydrogens is 194 g/mol. The van der Waals surface area contributed by atoms with Crippen molar-refractivity contribution in [1.82, 2.24) is 0 Å². The minimum Gasteiger partial charge on any atom is -0.398 e. The lowest BCUT2D eigenvalue weighted by molar-refractivity contribution is 1.49. The van der Waals surface area contributed by atoms with Crippen molar-refractivity contribution < 1.29 is 0 Å². The molecule has 66 valence electrons. The van der Waals surface area contributed by atoms with Gasteiger partial charge in [0.25, 0.3) is 0 Å². The van der Waals surface area contributed by atoms with E-state index in [1.165, 1.54) is 11.3 Å². The second kappa shape index (κ2) is 3.02. The van der Waals surface area contributed by atoms with E-state index in [2.05, 4.69) is 6.07 Å². The molecule has 0 saturated heterocycles. The van der Waals surface area contributed by atoms with E-state index < -0.39 is 0 Å². The molecule has 3 nitrogen and oxygen atoms in total. The first-order valence-electron chi connectivity index (χ1n) is 3.88. The van der Waals surface area contributed by atoms with Crippen LogP contribution in [0.5, 0.6) is 0 Å². The van der Waals surface area contributed by atoms with E-state index in [9.17, 15) is 0 Å². The van der Waals surface area contributed by atoms with Gasteiger partial charge in [-0.25, -0.2) is 0 Å². The van der Waals surface area contributed by atoms with Gasteiger partial charge >= 0.3 is 0 Å². The zero-order valence-electron chi connectivity index (χ0n) is 7.11. The van der Waals surface area contributed by atoms with Gasteiger partial charge in [0.2, 0.25) is 0 Å². The van der Waals surface area contributed by atoms with E-state index in [0.717, 1.165) is 4.70 Å². The fourth-order valence-electron chi connectivity index (χ4n) is 1.35. The van der Waals surface area contributed by atoms with Crippen LogP contribution >= 0.6 is 11.3 Å². The van der Waals surface area contributed by atoms with Crippen LogP contribution in [0.4, 0.5) is 5.69 Å². The average molecular weight is 199 g/mol. The second-order valence-corrected chi connectivity index (χ2v) is 3.69. The molecule has 1 aromatic carbocycles. The van der Waals surface area contributed by atoms with Crippen molar-refractivity contribution in [3.8, 4) is 12.1 Å². The number of rotatable bonds is 0. The number of hydrogen-bond acceptors (Lipinski definition) is 4. The fraction of sp³-hybridized carbons (Fsp3) is 0. The van der Waals surface area contributed by atoms with E-state index in [1.807, 2.05) is 12.1 Å². The maximum atomic E-state index is 8.92. The van der Waals surface area contributed by atoms with Gasteiger partial charge in [0.1, 0.15) is 12.1 Å². The molecule has 0 fully saturated rings. The highest BCUT2D eigenvalue weighted by molar-refractivity contribution is 7.17. The number of anilines is 1. The molecule has 0 atom stereocenters. The van der Waals surface area contributed by atoms with Crippen LogP contribution in [0.2, 0.25) is 0 Å². The highest BCUT2D eigenvalue weighted by atomic mass is 32.1. The Kier molecular flexibility index (Phi) is 1.85. The number of nitriles is 2. The second-order valence-electron chi connectivity index (χ2n) is 2.78. The minimum atomic E-state index is 0.403. The van der Waals surface area contributed by atoms with Crippen molar-refractivity contribution in [2.24, 2.45) is 0 Å². The van der Waals surface area contributed by atoms with E-state index in [1.54, 1.807) is 11.4 Å². The van der Waals surface area contributed by atoms with Crippen molar-refractivity contribution >= 4 is 27.1 Å². The Balaban J connectivity index is 3.00. The number of nitrogens with zero attached hydrogens (tertiary/aromatic N) is 2. The zero-order valence-corrected chi connectivity index (χ0v) is 7.93. The summed E-state index contributed by atoms with van der Waals surface area (Å²) in [5.74, 6) is 0. The maximum absolute atomic E-state index is 8.92. The van der Waals surface area contributed by atoms with Gasteiger partial charge in [0.05, 0.1) is 16.8 Å². The molecule has 1 heterocycles. The number of thiophene rings is 1. The van der Waals surface area contributed by atoms with Crippen LogP contribution < -0.4 is 5.73 Å². The van der Waals surface area contributed by atoms with Crippen LogP contribution in [0.1, 0.15) is 11.1 Å². The van der Waals surface area contributed by atoms with Gasteiger partial charge in [-0.1, -0.05) is 0 Å². The number of fused-ring (bicyclic) bond motifs is 1. The van der Waals surface area contributed by atoms with Gasteiger partial charge in [-0.2, -0.15) is 10.5 Å². The number of hydrogen-bond donors (Lipinski definition) is 1. The van der Waals surface area contributed by atoms with Gasteiger partial charge in [-0.15, -0.1) is 11.3 Å². The lowest BCUT2D eigenvalue weighted by Crippen LogP contribution is -1.90. The van der Waals surface area contributed by atoms with Gasteiger partial charge < -0.3 is 5.73 Å². The Bertz CT molecular complexity index is 584. The van der Waals surface area contributed by atoms with E-state index in [4.69, 9.17) is 16.3 Å². The van der Waals surface area contributed by atoms with Crippen LogP contribution in [0.15, 0.2) is 17.5 Å². The summed E-state index contributed by atoms with van der Waals surface area (Å²) in [6.07, 6.45) is 0. The molecule has 4 heteroatoms. The highest BCUT2D eigenvalue weighted by Gasteiger charge is 2.10. The molecule has 0 amide bonds. The lowest BCUT2D eigenvalue weighted by atomic mass is 10.1. The van der Waals surface area contributed by atoms with Crippen LogP contribution in [-0.4, -0.2) is 0 Å². The summed E-state index contributed by atoms with van der Waals surface area (Å²) < 4.78 is 0.923. The van der Waals surface area contributed by atoms with E-state index in [-0.39, 0.29) is 0 Å². The number of benzene rings is 1. The Labute approximate surface area is 84.6 Å². The molecular formula is C10H5N3S. The Morgan fingerprint density at radius 3 is 2.64 bits per heavy atom. The van der Waals surface area contributed by atoms with Crippen molar-refractivity contribution in [1.29, 1.82) is 10.5 Å². The Hall–Kier alpha value is -2.04. The molecule has 0 unspecified atom stereocenters. The molecule has 0 radical (unpaired) electrons. The summed E-state index contributed by atoms with van der Waals surface area (Å²) in [7, 11) is 0. The van der Waals surface area contributed by atoms with Gasteiger partial charge in [0, 0.05) is 15.5 Å². The molecule has 2 aromatic rings.